The van der Waals surface area contributed by atoms with Gasteiger partial charge in [0.15, 0.2) is 0 Å². The molecule has 1 aliphatic heterocycles. The number of nitrogens with zero attached hydrogens (tertiary/aromatic N) is 1. The Bertz CT molecular complexity index is 250. The number of hydrogen-bond acceptors (Lipinski definition) is 2. The molecule has 0 saturated carbocycles. The molecule has 2 nitrogen and oxygen atoms in total. The lowest BCUT2D eigenvalue weighted by molar-refractivity contribution is 0.0278. The van der Waals surface area contributed by atoms with Gasteiger partial charge in [0.05, 0.1) is 13.2 Å². The average molecular weight is 239 g/mol. The van der Waals surface area contributed by atoms with Gasteiger partial charge in [-0.2, -0.15) is 0 Å². The maximum absolute atomic E-state index is 5.42. The quantitative estimate of drug-likeness (QED) is 0.731. The largest absolute Gasteiger partial charge is 0.378 e. The Labute approximate surface area is 107 Å². The molecule has 0 spiro atoms. The first-order valence-corrected chi connectivity index (χ1v) is 6.65. The van der Waals surface area contributed by atoms with Crippen molar-refractivity contribution in [3.05, 3.63) is 12.3 Å². The molecule has 0 amide bonds. The molecule has 0 aromatic rings. The summed E-state index contributed by atoms with van der Waals surface area (Å²) in [6, 6.07) is 0. The first-order chi connectivity index (χ1) is 7.64. The van der Waals surface area contributed by atoms with Crippen LogP contribution in [-0.4, -0.2) is 31.2 Å². The van der Waals surface area contributed by atoms with Gasteiger partial charge in [0, 0.05) is 24.7 Å². The molecule has 0 radical (unpaired) electrons. The fourth-order valence-corrected chi connectivity index (χ4v) is 3.33. The van der Waals surface area contributed by atoms with Crippen molar-refractivity contribution in [3.8, 4) is 0 Å². The van der Waals surface area contributed by atoms with E-state index < -0.39 is 0 Å². The average Bonchev–Trinajstić information content (AvgIpc) is 2.14. The molecule has 1 rings (SSSR count). The number of hydrogen-bond donors (Lipinski definition) is 0. The third-order valence-electron chi connectivity index (χ3n) is 3.48. The van der Waals surface area contributed by atoms with Gasteiger partial charge in [0.2, 0.25) is 0 Å². The Morgan fingerprint density at radius 2 is 1.41 bits per heavy atom. The van der Waals surface area contributed by atoms with E-state index in [1.807, 2.05) is 0 Å². The van der Waals surface area contributed by atoms with Crippen molar-refractivity contribution < 1.29 is 4.74 Å². The van der Waals surface area contributed by atoms with Crippen LogP contribution in [0.1, 0.15) is 41.5 Å². The lowest BCUT2D eigenvalue weighted by Gasteiger charge is -2.46. The maximum atomic E-state index is 5.42. The summed E-state index contributed by atoms with van der Waals surface area (Å²) in [5.41, 5.74) is 1.77. The zero-order valence-electron chi connectivity index (χ0n) is 12.5. The molecular formula is C15H29NO. The highest BCUT2D eigenvalue weighted by atomic mass is 16.5. The molecular weight excluding hydrogens is 210 g/mol. The van der Waals surface area contributed by atoms with Crippen molar-refractivity contribution in [3.63, 3.8) is 0 Å². The minimum absolute atomic E-state index is 0.244. The second kappa shape index (κ2) is 5.01. The lowest BCUT2D eigenvalue weighted by Crippen LogP contribution is -2.44. The van der Waals surface area contributed by atoms with Gasteiger partial charge in [-0.1, -0.05) is 48.1 Å². The van der Waals surface area contributed by atoms with E-state index in [9.17, 15) is 0 Å². The number of allylic oxidation sites excluding steroid dienone is 1. The van der Waals surface area contributed by atoms with Crippen molar-refractivity contribution in [1.82, 2.24) is 4.90 Å². The number of ether oxygens (including phenoxy) is 1. The summed E-state index contributed by atoms with van der Waals surface area (Å²) in [5.74, 6) is 0.494. The van der Waals surface area contributed by atoms with E-state index in [0.29, 0.717) is 5.92 Å². The molecule has 2 heteroatoms. The highest BCUT2D eigenvalue weighted by Gasteiger charge is 2.38. The van der Waals surface area contributed by atoms with Crippen molar-refractivity contribution >= 4 is 0 Å². The van der Waals surface area contributed by atoms with E-state index in [2.05, 4.69) is 53.0 Å². The summed E-state index contributed by atoms with van der Waals surface area (Å²) < 4.78 is 5.42. The van der Waals surface area contributed by atoms with Crippen LogP contribution in [0.15, 0.2) is 12.3 Å². The Hall–Kier alpha value is -0.500. The zero-order chi connectivity index (χ0) is 13.3. The number of rotatable bonds is 2. The Morgan fingerprint density at radius 3 is 1.76 bits per heavy atom. The fraction of sp³-hybridized carbons (Fsp3) is 0.867. The number of morpholine rings is 1. The van der Waals surface area contributed by atoms with Crippen molar-refractivity contribution in [2.24, 2.45) is 16.7 Å². The highest BCUT2D eigenvalue weighted by Crippen LogP contribution is 2.44. The van der Waals surface area contributed by atoms with Gasteiger partial charge in [0.1, 0.15) is 0 Å². The van der Waals surface area contributed by atoms with Gasteiger partial charge in [0.25, 0.3) is 0 Å². The molecule has 0 bridgehead atoms. The van der Waals surface area contributed by atoms with E-state index in [0.717, 1.165) is 26.3 Å². The summed E-state index contributed by atoms with van der Waals surface area (Å²) in [4.78, 5) is 2.41. The van der Waals surface area contributed by atoms with Crippen molar-refractivity contribution in [1.29, 1.82) is 0 Å². The normalized spacial score (nSPS) is 18.6. The lowest BCUT2D eigenvalue weighted by atomic mass is 9.65. The van der Waals surface area contributed by atoms with Crippen molar-refractivity contribution in [2.75, 3.05) is 26.3 Å². The summed E-state index contributed by atoms with van der Waals surface area (Å²) in [6.45, 7) is 21.9. The summed E-state index contributed by atoms with van der Waals surface area (Å²) in [5, 5.41) is 0. The smallest absolute Gasteiger partial charge is 0.0642 e. The van der Waals surface area contributed by atoms with Gasteiger partial charge in [-0.05, 0) is 10.8 Å². The van der Waals surface area contributed by atoms with Gasteiger partial charge >= 0.3 is 0 Å². The van der Waals surface area contributed by atoms with Gasteiger partial charge < -0.3 is 9.64 Å². The van der Waals surface area contributed by atoms with Gasteiger partial charge in [-0.15, -0.1) is 0 Å². The van der Waals surface area contributed by atoms with E-state index >= 15 is 0 Å². The van der Waals surface area contributed by atoms with Crippen LogP contribution >= 0.6 is 0 Å². The second-order valence-corrected chi connectivity index (χ2v) is 7.26. The molecule has 1 heterocycles. The molecule has 17 heavy (non-hydrogen) atoms. The molecule has 1 fully saturated rings. The van der Waals surface area contributed by atoms with Gasteiger partial charge in [-0.3, -0.25) is 0 Å². The Morgan fingerprint density at radius 1 is 1.00 bits per heavy atom. The molecule has 0 aromatic carbocycles. The van der Waals surface area contributed by atoms with Crippen LogP contribution in [0.5, 0.6) is 0 Å². The Balaban J connectivity index is 2.87. The summed E-state index contributed by atoms with van der Waals surface area (Å²) in [6.07, 6.45) is 0. The van der Waals surface area contributed by atoms with E-state index in [-0.39, 0.29) is 10.8 Å². The molecule has 1 saturated heterocycles. The van der Waals surface area contributed by atoms with Crippen LogP contribution in [0.25, 0.3) is 0 Å². The molecule has 0 N–H and O–H groups in total. The predicted molar refractivity (Wildman–Crippen MR) is 73.9 cm³/mol. The highest BCUT2D eigenvalue weighted by molar-refractivity contribution is 5.09. The predicted octanol–water partition coefficient (Wildman–Crippen LogP) is 3.54. The zero-order valence-corrected chi connectivity index (χ0v) is 12.5. The van der Waals surface area contributed by atoms with Gasteiger partial charge in [-0.25, -0.2) is 0 Å². The van der Waals surface area contributed by atoms with E-state index in [4.69, 9.17) is 4.74 Å². The van der Waals surface area contributed by atoms with Crippen LogP contribution in [0.4, 0.5) is 0 Å². The maximum Gasteiger partial charge on any atom is 0.0642 e. The Kier molecular flexibility index (Phi) is 4.29. The second-order valence-electron chi connectivity index (χ2n) is 7.26. The molecule has 0 aromatic heterocycles. The van der Waals surface area contributed by atoms with Crippen LogP contribution in [0.2, 0.25) is 0 Å². The third kappa shape index (κ3) is 3.74. The monoisotopic (exact) mass is 239 g/mol. The first kappa shape index (κ1) is 14.6. The molecule has 0 unspecified atom stereocenters. The van der Waals surface area contributed by atoms with E-state index in [1.165, 1.54) is 5.70 Å². The summed E-state index contributed by atoms with van der Waals surface area (Å²) in [7, 11) is 0. The molecule has 1 aliphatic rings. The van der Waals surface area contributed by atoms with Crippen LogP contribution in [0.3, 0.4) is 0 Å². The van der Waals surface area contributed by atoms with E-state index in [1.54, 1.807) is 0 Å². The topological polar surface area (TPSA) is 12.5 Å². The van der Waals surface area contributed by atoms with Crippen LogP contribution in [-0.2, 0) is 4.74 Å². The standard InChI is InChI=1S/C15H29NO/c1-12(16-8-10-17-11-9-16)13(14(2,3)4)15(5,6)7/h13H,1,8-11H2,2-7H3. The summed E-state index contributed by atoms with van der Waals surface area (Å²) >= 11 is 0. The third-order valence-corrected chi connectivity index (χ3v) is 3.48. The first-order valence-electron chi connectivity index (χ1n) is 6.65. The minimum atomic E-state index is 0.244. The van der Waals surface area contributed by atoms with Crippen LogP contribution in [0, 0.1) is 16.7 Å². The SMILES string of the molecule is C=C(C(C(C)(C)C)C(C)(C)C)N1CCOCC1. The van der Waals surface area contributed by atoms with Crippen molar-refractivity contribution in [2.45, 2.75) is 41.5 Å². The molecule has 0 atom stereocenters. The van der Waals surface area contributed by atoms with Crippen LogP contribution < -0.4 is 0 Å². The molecule has 0 aliphatic carbocycles. The minimum Gasteiger partial charge on any atom is -0.378 e. The fourth-order valence-electron chi connectivity index (χ4n) is 3.33. The molecule has 100 valence electrons.